The van der Waals surface area contributed by atoms with Crippen molar-refractivity contribution in [1.82, 2.24) is 4.98 Å². The van der Waals surface area contributed by atoms with Gasteiger partial charge in [0.15, 0.2) is 5.01 Å². The first-order valence-electron chi connectivity index (χ1n) is 4.71. The van der Waals surface area contributed by atoms with Gasteiger partial charge in [0, 0.05) is 11.4 Å². The Morgan fingerprint density at radius 2 is 2.25 bits per heavy atom. The normalized spacial score (nSPS) is 30.9. The van der Waals surface area contributed by atoms with Gasteiger partial charge in [-0.05, 0) is 12.2 Å². The minimum Gasteiger partial charge on any atom is -0.383 e. The number of alkyl halides is 3. The topological polar surface area (TPSA) is 33.1 Å². The fraction of sp³-hybridized carbons (Fsp3) is 0.667. The molecule has 1 fully saturated rings. The van der Waals surface area contributed by atoms with Crippen LogP contribution in [-0.4, -0.2) is 21.1 Å². The second-order valence-electron chi connectivity index (χ2n) is 3.71. The number of thioether (sulfide) groups is 1. The first kappa shape index (κ1) is 12.2. The molecule has 0 aliphatic carbocycles. The van der Waals surface area contributed by atoms with E-state index in [-0.39, 0.29) is 5.25 Å². The molecule has 1 aromatic heterocycles. The van der Waals surface area contributed by atoms with Gasteiger partial charge in [-0.2, -0.15) is 24.9 Å². The van der Waals surface area contributed by atoms with Gasteiger partial charge in [-0.3, -0.25) is 0 Å². The van der Waals surface area contributed by atoms with Crippen molar-refractivity contribution in [2.45, 2.75) is 30.4 Å². The maximum Gasteiger partial charge on any atom is 0.443 e. The molecule has 0 bridgehead atoms. The van der Waals surface area contributed by atoms with Crippen LogP contribution in [0, 0.1) is 0 Å². The Morgan fingerprint density at radius 3 is 2.69 bits per heavy atom. The summed E-state index contributed by atoms with van der Waals surface area (Å²) >= 11 is 2.10. The van der Waals surface area contributed by atoms with E-state index in [9.17, 15) is 18.3 Å². The summed E-state index contributed by atoms with van der Waals surface area (Å²) in [5.74, 6) is 0.761. The highest BCUT2D eigenvalue weighted by atomic mass is 32.2. The van der Waals surface area contributed by atoms with Crippen molar-refractivity contribution in [2.24, 2.45) is 0 Å². The molecule has 1 saturated heterocycles. The molecule has 2 heterocycles. The summed E-state index contributed by atoms with van der Waals surface area (Å²) in [6, 6.07) is 0. The maximum atomic E-state index is 12.4. The summed E-state index contributed by atoms with van der Waals surface area (Å²) in [6.45, 7) is 1.82. The summed E-state index contributed by atoms with van der Waals surface area (Å²) in [5.41, 5.74) is -1.15. The Hall–Kier alpha value is -0.270. The number of aromatic nitrogens is 1. The van der Waals surface area contributed by atoms with Crippen molar-refractivity contribution >= 4 is 23.1 Å². The quantitative estimate of drug-likeness (QED) is 0.851. The molecule has 0 amide bonds. The molecule has 0 spiro atoms. The first-order chi connectivity index (χ1) is 7.34. The Bertz CT molecular complexity index is 392. The standard InChI is InChI=1S/C9H10F3NOS2/c1-5-8(14,2-3-15-5)6-4-13-7(16-6)9(10,11)12/h4-5,14H,2-3H2,1H3. The maximum absolute atomic E-state index is 12.4. The lowest BCUT2D eigenvalue weighted by Crippen LogP contribution is -2.30. The summed E-state index contributed by atoms with van der Waals surface area (Å²) in [7, 11) is 0. The number of aliphatic hydroxyl groups is 1. The van der Waals surface area contributed by atoms with E-state index in [0.29, 0.717) is 22.6 Å². The Balaban J connectivity index is 2.32. The van der Waals surface area contributed by atoms with Crippen LogP contribution in [0.25, 0.3) is 0 Å². The largest absolute Gasteiger partial charge is 0.443 e. The average Bonchev–Trinajstić information content (AvgIpc) is 2.74. The highest BCUT2D eigenvalue weighted by Gasteiger charge is 2.44. The number of hydrogen-bond donors (Lipinski definition) is 1. The van der Waals surface area contributed by atoms with Gasteiger partial charge in [-0.25, -0.2) is 4.98 Å². The second kappa shape index (κ2) is 3.89. The molecule has 1 aromatic rings. The molecule has 1 aliphatic heterocycles. The molecule has 7 heteroatoms. The summed E-state index contributed by atoms with van der Waals surface area (Å²) in [4.78, 5) is 3.65. The monoisotopic (exact) mass is 269 g/mol. The van der Waals surface area contributed by atoms with Crippen LogP contribution >= 0.6 is 23.1 Å². The van der Waals surface area contributed by atoms with Gasteiger partial charge in [0.25, 0.3) is 0 Å². The van der Waals surface area contributed by atoms with Gasteiger partial charge in [-0.1, -0.05) is 6.92 Å². The van der Waals surface area contributed by atoms with Crippen LogP contribution in [0.3, 0.4) is 0 Å². The van der Waals surface area contributed by atoms with Crippen molar-refractivity contribution in [3.8, 4) is 0 Å². The zero-order valence-corrected chi connectivity index (χ0v) is 10.0. The number of hydrogen-bond acceptors (Lipinski definition) is 4. The zero-order chi connectivity index (χ0) is 12.0. The smallest absolute Gasteiger partial charge is 0.383 e. The first-order valence-corrected chi connectivity index (χ1v) is 6.58. The van der Waals surface area contributed by atoms with Gasteiger partial charge < -0.3 is 5.11 Å². The lowest BCUT2D eigenvalue weighted by Gasteiger charge is -2.24. The molecule has 2 atom stereocenters. The predicted octanol–water partition coefficient (Wildman–Crippen LogP) is 2.87. The fourth-order valence-electron chi connectivity index (χ4n) is 1.66. The molecule has 2 rings (SSSR count). The lowest BCUT2D eigenvalue weighted by atomic mass is 9.96. The number of halogens is 3. The number of nitrogens with zero attached hydrogens (tertiary/aromatic N) is 1. The second-order valence-corrected chi connectivity index (χ2v) is 6.19. The van der Waals surface area contributed by atoms with Gasteiger partial charge >= 0.3 is 6.18 Å². The Morgan fingerprint density at radius 1 is 1.56 bits per heavy atom. The number of thiazole rings is 1. The van der Waals surface area contributed by atoms with Crippen LogP contribution in [-0.2, 0) is 11.8 Å². The van der Waals surface area contributed by atoms with Gasteiger partial charge in [0.2, 0.25) is 0 Å². The van der Waals surface area contributed by atoms with E-state index in [1.165, 1.54) is 0 Å². The Labute approximate surface area is 98.9 Å². The van der Waals surface area contributed by atoms with Crippen molar-refractivity contribution < 1.29 is 18.3 Å². The summed E-state index contributed by atoms with van der Waals surface area (Å²) in [5, 5.41) is 9.31. The minimum absolute atomic E-state index is 0.0889. The molecule has 16 heavy (non-hydrogen) atoms. The molecule has 0 radical (unpaired) electrons. The summed E-state index contributed by atoms with van der Waals surface area (Å²) in [6.07, 6.45) is -2.79. The zero-order valence-electron chi connectivity index (χ0n) is 8.41. The molecule has 0 saturated carbocycles. The molecular formula is C9H10F3NOS2. The van der Waals surface area contributed by atoms with Gasteiger partial charge in [0.1, 0.15) is 5.60 Å². The average molecular weight is 269 g/mol. The van der Waals surface area contributed by atoms with E-state index in [1.807, 2.05) is 6.92 Å². The predicted molar refractivity (Wildman–Crippen MR) is 57.5 cm³/mol. The number of rotatable bonds is 1. The van der Waals surface area contributed by atoms with Gasteiger partial charge in [-0.15, -0.1) is 11.3 Å². The third kappa shape index (κ3) is 1.96. The minimum atomic E-state index is -4.42. The molecular weight excluding hydrogens is 259 g/mol. The van der Waals surface area contributed by atoms with E-state index >= 15 is 0 Å². The highest BCUT2D eigenvalue weighted by Crippen LogP contribution is 2.46. The van der Waals surface area contributed by atoms with Gasteiger partial charge in [0.05, 0.1) is 4.88 Å². The molecule has 2 nitrogen and oxygen atoms in total. The Kier molecular flexibility index (Phi) is 2.96. The lowest BCUT2D eigenvalue weighted by molar-refractivity contribution is -0.137. The summed E-state index contributed by atoms with van der Waals surface area (Å²) < 4.78 is 37.1. The van der Waals surface area contributed by atoms with Crippen LogP contribution in [0.15, 0.2) is 6.20 Å². The van der Waals surface area contributed by atoms with Crippen molar-refractivity contribution in [3.05, 3.63) is 16.1 Å². The van der Waals surface area contributed by atoms with Crippen molar-refractivity contribution in [3.63, 3.8) is 0 Å². The van der Waals surface area contributed by atoms with E-state index in [2.05, 4.69) is 4.98 Å². The van der Waals surface area contributed by atoms with Crippen LogP contribution in [0.2, 0.25) is 0 Å². The van der Waals surface area contributed by atoms with E-state index in [0.717, 1.165) is 11.9 Å². The van der Waals surface area contributed by atoms with Crippen LogP contribution in [0.4, 0.5) is 13.2 Å². The van der Waals surface area contributed by atoms with E-state index < -0.39 is 16.8 Å². The van der Waals surface area contributed by atoms with E-state index in [4.69, 9.17) is 0 Å². The molecule has 0 aromatic carbocycles. The highest BCUT2D eigenvalue weighted by molar-refractivity contribution is 8.00. The molecule has 1 N–H and O–H groups in total. The van der Waals surface area contributed by atoms with Crippen LogP contribution in [0.1, 0.15) is 23.2 Å². The van der Waals surface area contributed by atoms with Crippen LogP contribution in [0.5, 0.6) is 0 Å². The van der Waals surface area contributed by atoms with Crippen molar-refractivity contribution in [2.75, 3.05) is 5.75 Å². The molecule has 1 aliphatic rings. The fourth-order valence-corrected chi connectivity index (χ4v) is 4.03. The van der Waals surface area contributed by atoms with Crippen LogP contribution < -0.4 is 0 Å². The SMILES string of the molecule is CC1SCCC1(O)c1cnc(C(F)(F)F)s1. The third-order valence-electron chi connectivity index (χ3n) is 2.70. The van der Waals surface area contributed by atoms with Crippen molar-refractivity contribution in [1.29, 1.82) is 0 Å². The van der Waals surface area contributed by atoms with E-state index in [1.54, 1.807) is 11.8 Å². The molecule has 90 valence electrons. The third-order valence-corrected chi connectivity index (χ3v) is 5.24. The molecule has 2 unspecified atom stereocenters.